The van der Waals surface area contributed by atoms with Gasteiger partial charge in [0.05, 0.1) is 11.1 Å². The Morgan fingerprint density at radius 3 is 2.64 bits per heavy atom. The average molecular weight is 336 g/mol. The highest BCUT2D eigenvalue weighted by atomic mass is 16.4. The Morgan fingerprint density at radius 1 is 1.16 bits per heavy atom. The lowest BCUT2D eigenvalue weighted by atomic mass is 10.0. The van der Waals surface area contributed by atoms with Gasteiger partial charge in [-0.15, -0.1) is 0 Å². The number of nitrogens with zero attached hydrogens (tertiary/aromatic N) is 2. The van der Waals surface area contributed by atoms with Gasteiger partial charge in [-0.2, -0.15) is 0 Å². The largest absolute Gasteiger partial charge is 0.507 e. The lowest BCUT2D eigenvalue weighted by Gasteiger charge is -2.24. The van der Waals surface area contributed by atoms with Gasteiger partial charge < -0.3 is 19.7 Å². The molecular formula is C20H20N2O3. The second-order valence-electron chi connectivity index (χ2n) is 6.65. The molecule has 2 heterocycles. The number of phenolic OH excluding ortho intramolecular Hbond substituents is 1. The van der Waals surface area contributed by atoms with Gasteiger partial charge in [0.15, 0.2) is 0 Å². The van der Waals surface area contributed by atoms with E-state index in [1.165, 1.54) is 12.1 Å². The molecule has 1 aliphatic heterocycles. The molecule has 5 heteroatoms. The van der Waals surface area contributed by atoms with E-state index >= 15 is 0 Å². The van der Waals surface area contributed by atoms with Crippen molar-refractivity contribution >= 4 is 16.9 Å². The summed E-state index contributed by atoms with van der Waals surface area (Å²) in [7, 11) is 2.06. The second-order valence-corrected chi connectivity index (χ2v) is 6.65. The summed E-state index contributed by atoms with van der Waals surface area (Å²) >= 11 is 0. The third-order valence-electron chi connectivity index (χ3n) is 4.98. The van der Waals surface area contributed by atoms with Gasteiger partial charge in [0, 0.05) is 30.7 Å². The first kappa shape index (κ1) is 15.7. The number of phenols is 1. The SMILES string of the molecule is CN1CCc2c(n(Cc3ccccc3)c3c(C(=O)O)ccc(O)c23)C1. The van der Waals surface area contributed by atoms with Crippen LogP contribution >= 0.6 is 0 Å². The Labute approximate surface area is 145 Å². The molecule has 1 aromatic heterocycles. The zero-order valence-corrected chi connectivity index (χ0v) is 14.1. The third kappa shape index (κ3) is 2.57. The van der Waals surface area contributed by atoms with E-state index < -0.39 is 5.97 Å². The van der Waals surface area contributed by atoms with Crippen molar-refractivity contribution in [3.8, 4) is 5.75 Å². The van der Waals surface area contributed by atoms with Crippen molar-refractivity contribution in [3.05, 3.63) is 64.8 Å². The number of carboxylic acids is 1. The zero-order valence-electron chi connectivity index (χ0n) is 14.1. The molecule has 2 N–H and O–H groups in total. The van der Waals surface area contributed by atoms with Crippen molar-refractivity contribution in [1.29, 1.82) is 0 Å². The first-order chi connectivity index (χ1) is 12.1. The maximum absolute atomic E-state index is 11.8. The number of aromatic nitrogens is 1. The van der Waals surface area contributed by atoms with Crippen LogP contribution in [0.5, 0.6) is 5.75 Å². The van der Waals surface area contributed by atoms with Crippen LogP contribution in [0.4, 0.5) is 0 Å². The number of carbonyl (C=O) groups is 1. The van der Waals surface area contributed by atoms with Crippen molar-refractivity contribution in [2.24, 2.45) is 0 Å². The lowest BCUT2D eigenvalue weighted by molar-refractivity contribution is 0.0698. The molecule has 5 nitrogen and oxygen atoms in total. The molecule has 1 aliphatic rings. The van der Waals surface area contributed by atoms with E-state index in [4.69, 9.17) is 0 Å². The molecule has 25 heavy (non-hydrogen) atoms. The minimum absolute atomic E-state index is 0.160. The molecule has 128 valence electrons. The van der Waals surface area contributed by atoms with E-state index in [2.05, 4.69) is 16.5 Å². The number of aromatic carboxylic acids is 1. The maximum atomic E-state index is 11.8. The minimum atomic E-state index is -0.970. The molecule has 0 unspecified atom stereocenters. The number of hydrogen-bond donors (Lipinski definition) is 2. The van der Waals surface area contributed by atoms with Gasteiger partial charge in [-0.3, -0.25) is 0 Å². The summed E-state index contributed by atoms with van der Waals surface area (Å²) < 4.78 is 2.07. The van der Waals surface area contributed by atoms with Crippen LogP contribution in [-0.4, -0.2) is 39.2 Å². The number of likely N-dealkylation sites (N-methyl/N-ethyl adjacent to an activating group) is 1. The molecule has 2 aromatic carbocycles. The second kappa shape index (κ2) is 5.93. The van der Waals surface area contributed by atoms with Crippen LogP contribution in [0, 0.1) is 0 Å². The topological polar surface area (TPSA) is 65.7 Å². The molecule has 3 aromatic rings. The van der Waals surface area contributed by atoms with Gasteiger partial charge in [0.2, 0.25) is 0 Å². The number of fused-ring (bicyclic) bond motifs is 3. The lowest BCUT2D eigenvalue weighted by Crippen LogP contribution is -2.28. The summed E-state index contributed by atoms with van der Waals surface area (Å²) in [5.74, 6) is -0.810. The quantitative estimate of drug-likeness (QED) is 0.771. The highest BCUT2D eigenvalue weighted by Gasteiger charge is 2.27. The zero-order chi connectivity index (χ0) is 17.6. The first-order valence-electron chi connectivity index (χ1n) is 8.38. The van der Waals surface area contributed by atoms with Crippen LogP contribution in [0.15, 0.2) is 42.5 Å². The standard InChI is InChI=1S/C20H20N2O3/c1-21-10-9-14-16(12-21)22(11-13-5-3-2-4-6-13)19-15(20(24)25)7-8-17(23)18(14)19/h2-8,23H,9-12H2,1H3,(H,24,25). The molecule has 0 saturated carbocycles. The van der Waals surface area contributed by atoms with Gasteiger partial charge >= 0.3 is 5.97 Å². The Hall–Kier alpha value is -2.79. The predicted octanol–water partition coefficient (Wildman–Crippen LogP) is 3.08. The summed E-state index contributed by atoms with van der Waals surface area (Å²) in [6.07, 6.45) is 0.806. The predicted molar refractivity (Wildman–Crippen MR) is 96.1 cm³/mol. The van der Waals surface area contributed by atoms with Crippen molar-refractivity contribution < 1.29 is 15.0 Å². The fourth-order valence-corrected chi connectivity index (χ4v) is 3.80. The van der Waals surface area contributed by atoms with E-state index in [1.54, 1.807) is 0 Å². The Morgan fingerprint density at radius 2 is 1.92 bits per heavy atom. The molecule has 0 atom stereocenters. The average Bonchev–Trinajstić information content (AvgIpc) is 2.90. The van der Waals surface area contributed by atoms with Gasteiger partial charge in [0.25, 0.3) is 0 Å². The summed E-state index contributed by atoms with van der Waals surface area (Å²) in [6, 6.07) is 13.0. The summed E-state index contributed by atoms with van der Waals surface area (Å²) in [4.78, 5) is 14.0. The highest BCUT2D eigenvalue weighted by molar-refractivity contribution is 6.06. The minimum Gasteiger partial charge on any atom is -0.507 e. The van der Waals surface area contributed by atoms with E-state index in [1.807, 2.05) is 30.3 Å². The fraction of sp³-hybridized carbons (Fsp3) is 0.250. The number of benzene rings is 2. The van der Waals surface area contributed by atoms with Crippen molar-refractivity contribution in [2.45, 2.75) is 19.5 Å². The number of rotatable bonds is 3. The van der Waals surface area contributed by atoms with Crippen LogP contribution in [0.1, 0.15) is 27.2 Å². The van der Waals surface area contributed by atoms with Gasteiger partial charge in [0.1, 0.15) is 5.75 Å². The first-order valence-corrected chi connectivity index (χ1v) is 8.38. The fourth-order valence-electron chi connectivity index (χ4n) is 3.80. The van der Waals surface area contributed by atoms with E-state index in [-0.39, 0.29) is 11.3 Å². The van der Waals surface area contributed by atoms with E-state index in [0.717, 1.165) is 36.3 Å². The van der Waals surface area contributed by atoms with E-state index in [9.17, 15) is 15.0 Å². The Kier molecular flexibility index (Phi) is 3.73. The van der Waals surface area contributed by atoms with Crippen LogP contribution in [0.2, 0.25) is 0 Å². The number of carboxylic acid groups (broad SMARTS) is 1. The van der Waals surface area contributed by atoms with Gasteiger partial charge in [-0.05, 0) is 36.7 Å². The molecule has 0 saturated heterocycles. The smallest absolute Gasteiger partial charge is 0.337 e. The monoisotopic (exact) mass is 336 g/mol. The molecule has 0 bridgehead atoms. The molecular weight excluding hydrogens is 316 g/mol. The van der Waals surface area contributed by atoms with Crippen LogP contribution in [0.3, 0.4) is 0 Å². The molecule has 4 rings (SSSR count). The van der Waals surface area contributed by atoms with Crippen LogP contribution < -0.4 is 0 Å². The summed E-state index contributed by atoms with van der Waals surface area (Å²) in [5.41, 5.74) is 4.13. The molecule has 0 spiro atoms. The third-order valence-corrected chi connectivity index (χ3v) is 4.98. The normalized spacial score (nSPS) is 14.6. The molecule has 0 aliphatic carbocycles. The summed E-state index contributed by atoms with van der Waals surface area (Å²) in [5, 5.41) is 20.8. The van der Waals surface area contributed by atoms with Crippen LogP contribution in [0.25, 0.3) is 10.9 Å². The van der Waals surface area contributed by atoms with Crippen molar-refractivity contribution in [3.63, 3.8) is 0 Å². The molecule has 0 radical (unpaired) electrons. The number of aromatic hydroxyl groups is 1. The molecule has 0 fully saturated rings. The Bertz CT molecular complexity index is 960. The van der Waals surface area contributed by atoms with Gasteiger partial charge in [-0.1, -0.05) is 30.3 Å². The maximum Gasteiger partial charge on any atom is 0.337 e. The van der Waals surface area contributed by atoms with Gasteiger partial charge in [-0.25, -0.2) is 4.79 Å². The van der Waals surface area contributed by atoms with Crippen molar-refractivity contribution in [2.75, 3.05) is 13.6 Å². The van der Waals surface area contributed by atoms with Crippen LogP contribution in [-0.2, 0) is 19.5 Å². The number of hydrogen-bond acceptors (Lipinski definition) is 3. The van der Waals surface area contributed by atoms with E-state index in [0.29, 0.717) is 17.4 Å². The van der Waals surface area contributed by atoms with Crippen molar-refractivity contribution in [1.82, 2.24) is 9.47 Å². The summed E-state index contributed by atoms with van der Waals surface area (Å²) in [6.45, 7) is 2.23. The highest BCUT2D eigenvalue weighted by Crippen LogP contribution is 2.38. The molecule has 0 amide bonds. The Balaban J connectivity index is 2.03.